The van der Waals surface area contributed by atoms with Crippen LogP contribution in [0, 0.1) is 0 Å². The smallest absolute Gasteiger partial charge is 0.375 e. The molecule has 3 heterocycles. The molecule has 10 heteroatoms. The zero-order valence-corrected chi connectivity index (χ0v) is 11.9. The molecule has 0 fully saturated rings. The molecule has 0 radical (unpaired) electrons. The van der Waals surface area contributed by atoms with Gasteiger partial charge in [-0.25, -0.2) is 9.78 Å². The van der Waals surface area contributed by atoms with Gasteiger partial charge in [0.15, 0.2) is 0 Å². The predicted octanol–water partition coefficient (Wildman–Crippen LogP) is 0.128. The van der Waals surface area contributed by atoms with Crippen molar-refractivity contribution in [3.05, 3.63) is 40.4 Å². The Morgan fingerprint density at radius 1 is 1.17 bits per heavy atom. The van der Waals surface area contributed by atoms with Crippen LogP contribution in [-0.2, 0) is 4.74 Å². The topological polar surface area (TPSA) is 125 Å². The van der Waals surface area contributed by atoms with Gasteiger partial charge in [-0.3, -0.25) is 9.89 Å². The van der Waals surface area contributed by atoms with Gasteiger partial charge in [-0.1, -0.05) is 6.07 Å². The Bertz CT molecular complexity index is 991. The van der Waals surface area contributed by atoms with E-state index in [1.807, 2.05) is 18.2 Å². The van der Waals surface area contributed by atoms with Crippen molar-refractivity contribution in [2.75, 3.05) is 18.0 Å². The number of aromatic nitrogens is 4. The minimum Gasteiger partial charge on any atom is -0.463 e. The zero-order chi connectivity index (χ0) is 16.0. The lowest BCUT2D eigenvalue weighted by molar-refractivity contribution is 0.0587. The highest BCUT2D eigenvalue weighted by Gasteiger charge is 2.16. The number of benzene rings is 1. The summed E-state index contributed by atoms with van der Waals surface area (Å²) in [6, 6.07) is 6.89. The first kappa shape index (κ1) is 13.3. The van der Waals surface area contributed by atoms with Crippen molar-refractivity contribution in [1.82, 2.24) is 25.1 Å². The first-order chi connectivity index (χ1) is 11.2. The van der Waals surface area contributed by atoms with Crippen LogP contribution in [0.4, 0.5) is 11.4 Å². The molecule has 0 bridgehead atoms. The maximum absolute atomic E-state index is 12.2. The van der Waals surface area contributed by atoms with E-state index in [0.29, 0.717) is 5.69 Å². The van der Waals surface area contributed by atoms with Crippen LogP contribution in [0.15, 0.2) is 29.1 Å². The van der Waals surface area contributed by atoms with E-state index in [0.717, 1.165) is 21.5 Å². The third-order valence-electron chi connectivity index (χ3n) is 3.42. The number of esters is 1. The van der Waals surface area contributed by atoms with Crippen LogP contribution in [-0.4, -0.2) is 32.7 Å². The second-order valence-electron chi connectivity index (χ2n) is 4.81. The Morgan fingerprint density at radius 2 is 2.00 bits per heavy atom. The van der Waals surface area contributed by atoms with Gasteiger partial charge in [0.25, 0.3) is 11.3 Å². The minimum absolute atomic E-state index is 0.0849. The molecule has 2 aromatic heterocycles. The molecule has 4 N–H and O–H groups in total. The van der Waals surface area contributed by atoms with Gasteiger partial charge in [0.1, 0.15) is 0 Å². The zero-order valence-electron chi connectivity index (χ0n) is 11.9. The average Bonchev–Trinajstić information content (AvgIpc) is 3.19. The van der Waals surface area contributed by atoms with E-state index in [2.05, 4.69) is 36.2 Å². The fourth-order valence-corrected chi connectivity index (χ4v) is 2.30. The number of fused-ring (bicyclic) bond motifs is 2. The summed E-state index contributed by atoms with van der Waals surface area (Å²) < 4.78 is 5.66. The Morgan fingerprint density at radius 3 is 2.83 bits per heavy atom. The summed E-state index contributed by atoms with van der Waals surface area (Å²) in [7, 11) is 1.23. The quantitative estimate of drug-likeness (QED) is 0.492. The number of carbonyl (C=O) groups is 1. The van der Waals surface area contributed by atoms with Crippen molar-refractivity contribution in [2.24, 2.45) is 0 Å². The SMILES string of the molecule is COC(=O)c1nc2nc(-c3ccc4c(c3)NNN4)cc(=O)n2[nH]1. The van der Waals surface area contributed by atoms with Crippen LogP contribution < -0.4 is 21.9 Å². The lowest BCUT2D eigenvalue weighted by Crippen LogP contribution is -2.19. The molecule has 10 nitrogen and oxygen atoms in total. The van der Waals surface area contributed by atoms with Gasteiger partial charge in [-0.15, -0.1) is 5.53 Å². The molecule has 1 aliphatic rings. The fourth-order valence-electron chi connectivity index (χ4n) is 2.30. The summed E-state index contributed by atoms with van der Waals surface area (Å²) in [5, 5.41) is 2.56. The highest BCUT2D eigenvalue weighted by molar-refractivity contribution is 5.85. The molecule has 0 atom stereocenters. The number of carbonyl (C=O) groups excluding carboxylic acids is 1. The molecule has 3 aromatic rings. The molecule has 0 unspecified atom stereocenters. The summed E-state index contributed by atoms with van der Waals surface area (Å²) in [6.45, 7) is 0. The number of H-pyrrole nitrogens is 1. The molecule has 23 heavy (non-hydrogen) atoms. The molecule has 4 rings (SSSR count). The molecular weight excluding hydrogens is 302 g/mol. The van der Waals surface area contributed by atoms with Gasteiger partial charge in [0.2, 0.25) is 5.82 Å². The van der Waals surface area contributed by atoms with E-state index in [9.17, 15) is 9.59 Å². The number of hydrogen-bond donors (Lipinski definition) is 4. The standard InChI is InChI=1S/C13H11N7O3/c1-23-12(22)11-15-13-14-8(5-10(21)20(13)18-11)6-2-3-7-9(4-6)17-19-16-7/h2-5,16-17,19H,1H3,(H,14,15,18). The van der Waals surface area contributed by atoms with E-state index in [1.165, 1.54) is 13.2 Å². The van der Waals surface area contributed by atoms with Gasteiger partial charge in [0, 0.05) is 11.6 Å². The van der Waals surface area contributed by atoms with Crippen molar-refractivity contribution < 1.29 is 9.53 Å². The van der Waals surface area contributed by atoms with Gasteiger partial charge in [0.05, 0.1) is 24.2 Å². The van der Waals surface area contributed by atoms with E-state index in [1.54, 1.807) is 0 Å². The first-order valence-corrected chi connectivity index (χ1v) is 6.65. The minimum atomic E-state index is -0.671. The van der Waals surface area contributed by atoms with E-state index >= 15 is 0 Å². The van der Waals surface area contributed by atoms with Crippen LogP contribution in [0.5, 0.6) is 0 Å². The molecule has 0 aliphatic carbocycles. The molecule has 0 spiro atoms. The van der Waals surface area contributed by atoms with Crippen molar-refractivity contribution in [2.45, 2.75) is 0 Å². The van der Waals surface area contributed by atoms with Crippen LogP contribution in [0.2, 0.25) is 0 Å². The Labute approximate surface area is 128 Å². The molecule has 116 valence electrons. The van der Waals surface area contributed by atoms with Crippen LogP contribution >= 0.6 is 0 Å². The second-order valence-corrected chi connectivity index (χ2v) is 4.81. The molecule has 0 amide bonds. The monoisotopic (exact) mass is 313 g/mol. The Balaban J connectivity index is 1.85. The molecule has 0 saturated carbocycles. The number of nitrogens with one attached hydrogen (secondary N) is 4. The lowest BCUT2D eigenvalue weighted by atomic mass is 10.1. The lowest BCUT2D eigenvalue weighted by Gasteiger charge is -2.03. The Kier molecular flexibility index (Phi) is 2.78. The van der Waals surface area contributed by atoms with Crippen molar-refractivity contribution >= 4 is 23.1 Å². The summed E-state index contributed by atoms with van der Waals surface area (Å²) >= 11 is 0. The molecule has 0 saturated heterocycles. The fraction of sp³-hybridized carbons (Fsp3) is 0.0769. The van der Waals surface area contributed by atoms with Gasteiger partial charge >= 0.3 is 5.97 Å². The maximum atomic E-state index is 12.2. The van der Waals surface area contributed by atoms with Gasteiger partial charge < -0.3 is 15.6 Å². The predicted molar refractivity (Wildman–Crippen MR) is 80.8 cm³/mol. The largest absolute Gasteiger partial charge is 0.463 e. The number of hydrazine groups is 2. The summed E-state index contributed by atoms with van der Waals surface area (Å²) in [4.78, 5) is 32.0. The van der Waals surface area contributed by atoms with Crippen LogP contribution in [0.3, 0.4) is 0 Å². The van der Waals surface area contributed by atoms with Gasteiger partial charge in [-0.05, 0) is 12.1 Å². The van der Waals surface area contributed by atoms with Crippen molar-refractivity contribution in [3.8, 4) is 11.3 Å². The molecule has 1 aromatic carbocycles. The number of methoxy groups -OCH3 is 1. The molecular formula is C13H11N7O3. The summed E-state index contributed by atoms with van der Waals surface area (Å²) in [5.41, 5.74) is 11.2. The second kappa shape index (κ2) is 4.81. The van der Waals surface area contributed by atoms with Crippen LogP contribution in [0.25, 0.3) is 17.0 Å². The van der Waals surface area contributed by atoms with E-state index < -0.39 is 5.97 Å². The highest BCUT2D eigenvalue weighted by atomic mass is 16.5. The third-order valence-corrected chi connectivity index (χ3v) is 3.42. The number of anilines is 2. The average molecular weight is 313 g/mol. The number of nitrogens with zero attached hydrogens (tertiary/aromatic N) is 3. The summed E-state index contributed by atoms with van der Waals surface area (Å²) in [5.74, 6) is -0.661. The van der Waals surface area contributed by atoms with E-state index in [-0.39, 0.29) is 17.2 Å². The number of ether oxygens (including phenoxy) is 1. The van der Waals surface area contributed by atoms with Crippen molar-refractivity contribution in [1.29, 1.82) is 0 Å². The summed E-state index contributed by atoms with van der Waals surface area (Å²) in [6.07, 6.45) is 0. The number of aromatic amines is 1. The Hall–Kier alpha value is -3.40. The molecule has 1 aliphatic heterocycles. The maximum Gasteiger partial charge on any atom is 0.375 e. The number of rotatable bonds is 2. The third kappa shape index (κ3) is 2.08. The van der Waals surface area contributed by atoms with Gasteiger partial charge in [-0.2, -0.15) is 9.50 Å². The normalized spacial score (nSPS) is 12.6. The first-order valence-electron chi connectivity index (χ1n) is 6.65. The van der Waals surface area contributed by atoms with E-state index in [4.69, 9.17) is 0 Å². The number of hydrogen-bond acceptors (Lipinski definition) is 8. The van der Waals surface area contributed by atoms with Crippen LogP contribution in [0.1, 0.15) is 10.6 Å². The van der Waals surface area contributed by atoms with Crippen molar-refractivity contribution in [3.63, 3.8) is 0 Å². The highest BCUT2D eigenvalue weighted by Crippen LogP contribution is 2.29.